The summed E-state index contributed by atoms with van der Waals surface area (Å²) in [7, 11) is -3.30. The molecule has 0 bridgehead atoms. The maximum atomic E-state index is 13.0. The highest BCUT2D eigenvalue weighted by atomic mass is 32.2. The Labute approximate surface area is 165 Å². The molecular weight excluding hydrogens is 411 g/mol. The zero-order valence-electron chi connectivity index (χ0n) is 16.0. The fourth-order valence-corrected chi connectivity index (χ4v) is 3.40. The van der Waals surface area contributed by atoms with Crippen LogP contribution in [0, 0.1) is 13.8 Å². The number of halogens is 3. The number of carbonyl (C=O) groups is 2. The van der Waals surface area contributed by atoms with Crippen molar-refractivity contribution in [2.75, 3.05) is 18.1 Å². The lowest BCUT2D eigenvalue weighted by Crippen LogP contribution is -2.35. The summed E-state index contributed by atoms with van der Waals surface area (Å²) in [5.74, 6) is -2.33. The first kappa shape index (κ1) is 22.6. The van der Waals surface area contributed by atoms with Gasteiger partial charge < -0.3 is 5.32 Å². The Morgan fingerprint density at radius 2 is 1.86 bits per heavy atom. The molecular formula is C18H20F3N3O4S. The zero-order chi connectivity index (χ0) is 22.0. The molecule has 11 heteroatoms. The van der Waals surface area contributed by atoms with E-state index in [0.29, 0.717) is 0 Å². The molecule has 0 radical (unpaired) electrons. The van der Waals surface area contributed by atoms with Crippen molar-refractivity contribution in [1.29, 1.82) is 0 Å². The number of rotatable bonds is 7. The molecule has 0 unspecified atom stereocenters. The van der Waals surface area contributed by atoms with Crippen LogP contribution in [-0.4, -0.2) is 47.9 Å². The van der Waals surface area contributed by atoms with Crippen LogP contribution in [0.2, 0.25) is 0 Å². The predicted octanol–water partition coefficient (Wildman–Crippen LogP) is 2.24. The number of amides is 1. The van der Waals surface area contributed by atoms with Crippen molar-refractivity contribution in [2.45, 2.75) is 26.9 Å². The molecule has 2 aromatic rings. The number of sulfone groups is 1. The number of benzene rings is 1. The average Bonchev–Trinajstić information content (AvgIpc) is 2.94. The van der Waals surface area contributed by atoms with E-state index in [1.54, 1.807) is 0 Å². The first-order valence-corrected chi connectivity index (χ1v) is 10.5. The summed E-state index contributed by atoms with van der Waals surface area (Å²) in [5.41, 5.74) is -0.457. The minimum absolute atomic E-state index is 0.0433. The van der Waals surface area contributed by atoms with Gasteiger partial charge >= 0.3 is 6.18 Å². The SMILES string of the molecule is CCS(=O)(=O)CCNC(=O)C(=O)c1c(C)nn(-c2cccc(C(F)(F)F)c2)c1C. The highest BCUT2D eigenvalue weighted by Crippen LogP contribution is 2.30. The van der Waals surface area contributed by atoms with Crippen molar-refractivity contribution in [3.05, 3.63) is 46.8 Å². The highest BCUT2D eigenvalue weighted by molar-refractivity contribution is 7.91. The van der Waals surface area contributed by atoms with Crippen LogP contribution in [0.5, 0.6) is 0 Å². The van der Waals surface area contributed by atoms with Gasteiger partial charge in [-0.05, 0) is 32.0 Å². The van der Waals surface area contributed by atoms with Gasteiger partial charge in [0.15, 0.2) is 9.84 Å². The quantitative estimate of drug-likeness (QED) is 0.536. The first-order chi connectivity index (χ1) is 13.4. The molecule has 1 amide bonds. The lowest BCUT2D eigenvalue weighted by molar-refractivity contribution is -0.137. The molecule has 1 aromatic carbocycles. The maximum absolute atomic E-state index is 13.0. The van der Waals surface area contributed by atoms with E-state index in [1.807, 2.05) is 0 Å². The van der Waals surface area contributed by atoms with Crippen molar-refractivity contribution in [3.63, 3.8) is 0 Å². The summed E-state index contributed by atoms with van der Waals surface area (Å²) in [6.07, 6.45) is -4.54. The average molecular weight is 431 g/mol. The van der Waals surface area contributed by atoms with Gasteiger partial charge in [-0.15, -0.1) is 0 Å². The number of ketones is 1. The summed E-state index contributed by atoms with van der Waals surface area (Å²) in [6.45, 7) is 4.17. The van der Waals surface area contributed by atoms with E-state index >= 15 is 0 Å². The van der Waals surface area contributed by atoms with E-state index in [4.69, 9.17) is 0 Å². The highest BCUT2D eigenvalue weighted by Gasteiger charge is 2.31. The van der Waals surface area contributed by atoms with Crippen molar-refractivity contribution in [1.82, 2.24) is 15.1 Å². The van der Waals surface area contributed by atoms with E-state index in [-0.39, 0.29) is 40.7 Å². The van der Waals surface area contributed by atoms with Crippen LogP contribution in [0.1, 0.15) is 34.2 Å². The molecule has 0 aliphatic heterocycles. The second-order valence-electron chi connectivity index (χ2n) is 6.33. The molecule has 0 aliphatic carbocycles. The molecule has 1 N–H and O–H groups in total. The van der Waals surface area contributed by atoms with Crippen LogP contribution in [0.4, 0.5) is 13.2 Å². The van der Waals surface area contributed by atoms with E-state index in [0.717, 1.165) is 16.8 Å². The maximum Gasteiger partial charge on any atom is 0.416 e. The third-order valence-corrected chi connectivity index (χ3v) is 5.99. The Balaban J connectivity index is 2.27. The van der Waals surface area contributed by atoms with Crippen LogP contribution in [0.3, 0.4) is 0 Å². The number of hydrogen-bond acceptors (Lipinski definition) is 5. The number of nitrogens with zero attached hydrogens (tertiary/aromatic N) is 2. The summed E-state index contributed by atoms with van der Waals surface area (Å²) in [5, 5.41) is 6.34. The monoisotopic (exact) mass is 431 g/mol. The molecule has 0 saturated heterocycles. The van der Waals surface area contributed by atoms with Crippen LogP contribution >= 0.6 is 0 Å². The standard InChI is InChI=1S/C18H20F3N3O4S/c1-4-29(27,28)9-8-22-17(26)16(25)15-11(2)23-24(12(15)3)14-7-5-6-13(10-14)18(19,20)21/h5-7,10H,4,8-9H2,1-3H3,(H,22,26). The Morgan fingerprint density at radius 3 is 2.45 bits per heavy atom. The topological polar surface area (TPSA) is 98.1 Å². The van der Waals surface area contributed by atoms with Gasteiger partial charge in [0, 0.05) is 12.3 Å². The fraction of sp³-hybridized carbons (Fsp3) is 0.389. The van der Waals surface area contributed by atoms with Gasteiger partial charge in [0.25, 0.3) is 11.7 Å². The second-order valence-corrected chi connectivity index (χ2v) is 8.80. The van der Waals surface area contributed by atoms with Gasteiger partial charge in [-0.3, -0.25) is 9.59 Å². The normalized spacial score (nSPS) is 12.1. The Bertz CT molecular complexity index is 1040. The molecule has 0 fully saturated rings. The smallest absolute Gasteiger partial charge is 0.348 e. The number of aromatic nitrogens is 2. The van der Waals surface area contributed by atoms with Gasteiger partial charge in [-0.25, -0.2) is 13.1 Å². The molecule has 0 atom stereocenters. The lowest BCUT2D eigenvalue weighted by Gasteiger charge is -2.10. The van der Waals surface area contributed by atoms with Crippen molar-refractivity contribution in [2.24, 2.45) is 0 Å². The number of hydrogen-bond donors (Lipinski definition) is 1. The fourth-order valence-electron chi connectivity index (χ4n) is 2.69. The number of alkyl halides is 3. The van der Waals surface area contributed by atoms with Gasteiger partial charge in [0.2, 0.25) is 0 Å². The summed E-state index contributed by atoms with van der Waals surface area (Å²) >= 11 is 0. The molecule has 0 aliphatic rings. The van der Waals surface area contributed by atoms with Gasteiger partial charge in [0.1, 0.15) is 0 Å². The molecule has 29 heavy (non-hydrogen) atoms. The van der Waals surface area contributed by atoms with E-state index in [2.05, 4.69) is 10.4 Å². The van der Waals surface area contributed by atoms with Crippen LogP contribution < -0.4 is 5.32 Å². The largest absolute Gasteiger partial charge is 0.416 e. The number of aryl methyl sites for hydroxylation is 1. The van der Waals surface area contributed by atoms with Crippen LogP contribution in [0.15, 0.2) is 24.3 Å². The summed E-state index contributed by atoms with van der Waals surface area (Å²) in [4.78, 5) is 24.6. The predicted molar refractivity (Wildman–Crippen MR) is 99.7 cm³/mol. The molecule has 0 spiro atoms. The third-order valence-electron chi connectivity index (χ3n) is 4.28. The van der Waals surface area contributed by atoms with Gasteiger partial charge in [-0.1, -0.05) is 13.0 Å². The van der Waals surface area contributed by atoms with Gasteiger partial charge in [-0.2, -0.15) is 18.3 Å². The Morgan fingerprint density at radius 1 is 1.21 bits per heavy atom. The Kier molecular flexibility index (Phi) is 6.51. The zero-order valence-corrected chi connectivity index (χ0v) is 16.8. The molecule has 1 aromatic heterocycles. The Hall–Kier alpha value is -2.69. The van der Waals surface area contributed by atoms with Crippen molar-refractivity contribution < 1.29 is 31.2 Å². The summed E-state index contributed by atoms with van der Waals surface area (Å²) < 4.78 is 62.9. The third kappa shape index (κ3) is 5.22. The van der Waals surface area contributed by atoms with Crippen molar-refractivity contribution >= 4 is 21.5 Å². The minimum atomic E-state index is -4.54. The number of nitrogens with one attached hydrogen (secondary N) is 1. The molecule has 2 rings (SSSR count). The van der Waals surface area contributed by atoms with E-state index < -0.39 is 33.3 Å². The van der Waals surface area contributed by atoms with E-state index in [1.165, 1.54) is 32.9 Å². The molecule has 0 saturated carbocycles. The summed E-state index contributed by atoms with van der Waals surface area (Å²) in [6, 6.07) is 4.43. The van der Waals surface area contributed by atoms with Crippen molar-refractivity contribution in [3.8, 4) is 5.69 Å². The minimum Gasteiger partial charge on any atom is -0.348 e. The van der Waals surface area contributed by atoms with Crippen LogP contribution in [-0.2, 0) is 20.8 Å². The molecule has 1 heterocycles. The number of Topliss-reactive ketones (excluding diaryl/α,β-unsaturated/α-hetero) is 1. The first-order valence-electron chi connectivity index (χ1n) is 8.64. The van der Waals surface area contributed by atoms with E-state index in [9.17, 15) is 31.2 Å². The van der Waals surface area contributed by atoms with Crippen LogP contribution in [0.25, 0.3) is 5.69 Å². The van der Waals surface area contributed by atoms with Gasteiger partial charge in [0.05, 0.1) is 34.0 Å². The lowest BCUT2D eigenvalue weighted by atomic mass is 10.1. The second kappa shape index (κ2) is 8.36. The molecule has 158 valence electrons. The molecule has 7 nitrogen and oxygen atoms in total. The number of carbonyl (C=O) groups excluding carboxylic acids is 2.